The van der Waals surface area contributed by atoms with Crippen LogP contribution in [0.1, 0.15) is 0 Å². The summed E-state index contributed by atoms with van der Waals surface area (Å²) in [7, 11) is 0. The summed E-state index contributed by atoms with van der Waals surface area (Å²) in [6.45, 7) is 6.76. The minimum atomic E-state index is 0.514. The van der Waals surface area contributed by atoms with E-state index in [-0.39, 0.29) is 0 Å². The van der Waals surface area contributed by atoms with E-state index in [1.807, 2.05) is 18.2 Å². The van der Waals surface area contributed by atoms with E-state index in [0.717, 1.165) is 43.9 Å². The Hall–Kier alpha value is -0.330. The van der Waals surface area contributed by atoms with Crippen LogP contribution < -0.4 is 9.64 Å². The maximum atomic E-state index is 6.06. The third-order valence-corrected chi connectivity index (χ3v) is 3.97. The summed E-state index contributed by atoms with van der Waals surface area (Å²) in [5.41, 5.74) is 0. The van der Waals surface area contributed by atoms with E-state index >= 15 is 0 Å². The summed E-state index contributed by atoms with van der Waals surface area (Å²) in [6, 6.07) is 5.58. The maximum Gasteiger partial charge on any atom is 0.138 e. The molecular formula is C14H20BrClNO3+. The lowest BCUT2D eigenvalue weighted by molar-refractivity contribution is -0.908. The zero-order chi connectivity index (χ0) is 14.2. The van der Waals surface area contributed by atoms with Crippen LogP contribution in [0.25, 0.3) is 0 Å². The van der Waals surface area contributed by atoms with Gasteiger partial charge in [0.15, 0.2) is 0 Å². The number of rotatable bonds is 7. The van der Waals surface area contributed by atoms with Crippen LogP contribution in [0.5, 0.6) is 5.75 Å². The normalized spacial score (nSPS) is 16.3. The monoisotopic (exact) mass is 364 g/mol. The molecule has 0 aliphatic carbocycles. The summed E-state index contributed by atoms with van der Waals surface area (Å²) in [5.74, 6) is 0.692. The zero-order valence-electron chi connectivity index (χ0n) is 11.4. The first-order valence-electron chi connectivity index (χ1n) is 6.82. The van der Waals surface area contributed by atoms with Crippen molar-refractivity contribution in [2.45, 2.75) is 0 Å². The Morgan fingerprint density at radius 1 is 1.20 bits per heavy atom. The molecule has 1 fully saturated rings. The highest BCUT2D eigenvalue weighted by atomic mass is 79.9. The van der Waals surface area contributed by atoms with Gasteiger partial charge in [0.2, 0.25) is 0 Å². The van der Waals surface area contributed by atoms with Gasteiger partial charge in [-0.05, 0) is 18.2 Å². The number of benzene rings is 1. The van der Waals surface area contributed by atoms with Crippen LogP contribution in [-0.4, -0.2) is 52.7 Å². The second-order valence-corrected chi connectivity index (χ2v) is 5.97. The number of halogens is 2. The fourth-order valence-corrected chi connectivity index (χ4v) is 2.76. The van der Waals surface area contributed by atoms with Gasteiger partial charge in [-0.25, -0.2) is 0 Å². The molecule has 4 nitrogen and oxygen atoms in total. The molecule has 0 bridgehead atoms. The predicted molar refractivity (Wildman–Crippen MR) is 81.8 cm³/mol. The first-order valence-corrected chi connectivity index (χ1v) is 8.00. The van der Waals surface area contributed by atoms with Crippen molar-refractivity contribution in [3.63, 3.8) is 0 Å². The van der Waals surface area contributed by atoms with Crippen molar-refractivity contribution < 1.29 is 19.1 Å². The molecule has 0 spiro atoms. The zero-order valence-corrected chi connectivity index (χ0v) is 13.7. The Labute approximate surface area is 133 Å². The van der Waals surface area contributed by atoms with E-state index in [0.29, 0.717) is 24.0 Å². The summed E-state index contributed by atoms with van der Waals surface area (Å²) in [4.78, 5) is 1.55. The van der Waals surface area contributed by atoms with Gasteiger partial charge in [-0.15, -0.1) is 0 Å². The van der Waals surface area contributed by atoms with Crippen molar-refractivity contribution in [3.05, 3.63) is 27.7 Å². The Morgan fingerprint density at radius 3 is 2.75 bits per heavy atom. The Bertz CT molecular complexity index is 413. The number of morpholine rings is 1. The number of hydrogen-bond donors (Lipinski definition) is 1. The van der Waals surface area contributed by atoms with E-state index in [2.05, 4.69) is 15.9 Å². The van der Waals surface area contributed by atoms with E-state index < -0.39 is 0 Å². The van der Waals surface area contributed by atoms with Gasteiger partial charge < -0.3 is 19.1 Å². The largest absolute Gasteiger partial charge is 0.490 e. The molecule has 0 aromatic heterocycles. The molecule has 1 heterocycles. The second kappa shape index (κ2) is 8.85. The molecule has 1 aliphatic heterocycles. The molecule has 1 saturated heterocycles. The first kappa shape index (κ1) is 16.0. The van der Waals surface area contributed by atoms with Crippen molar-refractivity contribution in [2.24, 2.45) is 0 Å². The average Bonchev–Trinajstić information content (AvgIpc) is 2.46. The van der Waals surface area contributed by atoms with Crippen LogP contribution in [0.4, 0.5) is 0 Å². The number of ether oxygens (including phenoxy) is 3. The number of nitrogens with one attached hydrogen (secondary N) is 1. The number of quaternary nitrogens is 1. The Morgan fingerprint density at radius 2 is 2.00 bits per heavy atom. The van der Waals surface area contributed by atoms with E-state index in [4.69, 9.17) is 25.8 Å². The molecule has 1 aromatic rings. The summed E-state index contributed by atoms with van der Waals surface area (Å²) >= 11 is 9.42. The topological polar surface area (TPSA) is 32.1 Å². The maximum absolute atomic E-state index is 6.06. The molecule has 6 heteroatoms. The van der Waals surface area contributed by atoms with Crippen molar-refractivity contribution in [3.8, 4) is 5.75 Å². The molecule has 0 amide bonds. The highest BCUT2D eigenvalue weighted by molar-refractivity contribution is 9.10. The van der Waals surface area contributed by atoms with Crippen molar-refractivity contribution in [2.75, 3.05) is 52.7 Å². The SMILES string of the molecule is Clc1cc(Br)ccc1OCCOCC[NH+]1CCOCC1. The average molecular weight is 366 g/mol. The van der Waals surface area contributed by atoms with Gasteiger partial charge in [-0.1, -0.05) is 27.5 Å². The van der Waals surface area contributed by atoms with E-state index in [1.165, 1.54) is 0 Å². The van der Waals surface area contributed by atoms with Crippen molar-refractivity contribution in [1.29, 1.82) is 0 Å². The molecule has 0 atom stereocenters. The third-order valence-electron chi connectivity index (χ3n) is 3.18. The second-order valence-electron chi connectivity index (χ2n) is 4.65. The molecule has 2 rings (SSSR count). The van der Waals surface area contributed by atoms with E-state index in [1.54, 1.807) is 4.90 Å². The van der Waals surface area contributed by atoms with Crippen LogP contribution in [0.15, 0.2) is 22.7 Å². The molecule has 0 unspecified atom stereocenters. The molecular weight excluding hydrogens is 346 g/mol. The molecule has 1 aromatic carbocycles. The summed E-state index contributed by atoms with van der Waals surface area (Å²) < 4.78 is 17.4. The Kier molecular flexibility index (Phi) is 7.10. The molecule has 1 aliphatic rings. The van der Waals surface area contributed by atoms with Crippen LogP contribution in [0.2, 0.25) is 5.02 Å². The van der Waals surface area contributed by atoms with Crippen LogP contribution >= 0.6 is 27.5 Å². The van der Waals surface area contributed by atoms with Crippen molar-refractivity contribution in [1.82, 2.24) is 0 Å². The van der Waals surface area contributed by atoms with Gasteiger partial charge in [-0.3, -0.25) is 0 Å². The highest BCUT2D eigenvalue weighted by Crippen LogP contribution is 2.27. The quantitative estimate of drug-likeness (QED) is 0.742. The lowest BCUT2D eigenvalue weighted by Crippen LogP contribution is -3.14. The molecule has 0 saturated carbocycles. The minimum absolute atomic E-state index is 0.514. The standard InChI is InChI=1S/C14H19BrClNO3/c15-12-1-2-14(13(16)11-12)20-10-9-19-8-5-17-3-6-18-7-4-17/h1-2,11H,3-10H2/p+1. The van der Waals surface area contributed by atoms with E-state index in [9.17, 15) is 0 Å². The number of hydrogen-bond acceptors (Lipinski definition) is 3. The van der Waals surface area contributed by atoms with Gasteiger partial charge in [0.25, 0.3) is 0 Å². The van der Waals surface area contributed by atoms with Gasteiger partial charge >= 0.3 is 0 Å². The van der Waals surface area contributed by atoms with Crippen LogP contribution in [-0.2, 0) is 9.47 Å². The minimum Gasteiger partial charge on any atom is -0.490 e. The molecule has 20 heavy (non-hydrogen) atoms. The lowest BCUT2D eigenvalue weighted by Gasteiger charge is -2.23. The predicted octanol–water partition coefficient (Wildman–Crippen LogP) is 1.41. The Balaban J connectivity index is 1.55. The molecule has 0 radical (unpaired) electrons. The summed E-state index contributed by atoms with van der Waals surface area (Å²) in [6.07, 6.45) is 0. The lowest BCUT2D eigenvalue weighted by atomic mass is 10.3. The van der Waals surface area contributed by atoms with Gasteiger partial charge in [0.1, 0.15) is 32.0 Å². The summed E-state index contributed by atoms with van der Waals surface area (Å²) in [5, 5.41) is 0.608. The van der Waals surface area contributed by atoms with Gasteiger partial charge in [0, 0.05) is 4.47 Å². The highest BCUT2D eigenvalue weighted by Gasteiger charge is 2.12. The van der Waals surface area contributed by atoms with Gasteiger partial charge in [-0.2, -0.15) is 0 Å². The fourth-order valence-electron chi connectivity index (χ4n) is 2.03. The van der Waals surface area contributed by atoms with Crippen molar-refractivity contribution >= 4 is 27.5 Å². The smallest absolute Gasteiger partial charge is 0.138 e. The van der Waals surface area contributed by atoms with Crippen LogP contribution in [0, 0.1) is 0 Å². The molecule has 112 valence electrons. The third kappa shape index (κ3) is 5.58. The van der Waals surface area contributed by atoms with Crippen LogP contribution in [0.3, 0.4) is 0 Å². The fraction of sp³-hybridized carbons (Fsp3) is 0.571. The molecule has 1 N–H and O–H groups in total. The first-order chi connectivity index (χ1) is 9.75. The van der Waals surface area contributed by atoms with Gasteiger partial charge in [0.05, 0.1) is 31.5 Å².